The Morgan fingerprint density at radius 1 is 1.17 bits per heavy atom. The standard InChI is InChI=1S/C23H30ClFN4O/c1-5-15(3)22-26-16(4)17(14-18-19(24)8-7-9-20(18)25)23(27-22)29-12-10-28(11-13-29)21(30)6-2/h7-9,15H,5-6,10-14H2,1-4H3. The molecule has 1 fully saturated rings. The molecule has 0 N–H and O–H groups in total. The summed E-state index contributed by atoms with van der Waals surface area (Å²) in [4.78, 5) is 25.8. The topological polar surface area (TPSA) is 49.3 Å². The summed E-state index contributed by atoms with van der Waals surface area (Å²) in [5, 5.41) is 0.407. The van der Waals surface area contributed by atoms with Crippen molar-refractivity contribution in [2.45, 2.75) is 52.9 Å². The molecule has 0 saturated carbocycles. The van der Waals surface area contributed by atoms with Gasteiger partial charge in [-0.1, -0.05) is 38.4 Å². The number of hydrogen-bond acceptors (Lipinski definition) is 4. The van der Waals surface area contributed by atoms with Gasteiger partial charge < -0.3 is 9.80 Å². The van der Waals surface area contributed by atoms with E-state index in [4.69, 9.17) is 21.6 Å². The molecule has 0 spiro atoms. The molecule has 1 atom stereocenters. The number of nitrogens with zero attached hydrogens (tertiary/aromatic N) is 4. The highest BCUT2D eigenvalue weighted by Crippen LogP contribution is 2.30. The van der Waals surface area contributed by atoms with E-state index in [0.29, 0.717) is 49.6 Å². The predicted molar refractivity (Wildman–Crippen MR) is 119 cm³/mol. The summed E-state index contributed by atoms with van der Waals surface area (Å²) in [5.74, 6) is 1.72. The van der Waals surface area contributed by atoms with Crippen LogP contribution in [0.5, 0.6) is 0 Å². The highest BCUT2D eigenvalue weighted by molar-refractivity contribution is 6.31. The number of carbonyl (C=O) groups excluding carboxylic acids is 1. The number of aryl methyl sites for hydroxylation is 1. The maximum Gasteiger partial charge on any atom is 0.222 e. The number of anilines is 1. The Morgan fingerprint density at radius 2 is 1.87 bits per heavy atom. The zero-order chi connectivity index (χ0) is 21.8. The van der Waals surface area contributed by atoms with Gasteiger partial charge in [-0.3, -0.25) is 4.79 Å². The van der Waals surface area contributed by atoms with Crippen molar-refractivity contribution in [3.8, 4) is 0 Å². The molecule has 0 aliphatic carbocycles. The van der Waals surface area contributed by atoms with E-state index >= 15 is 0 Å². The number of amides is 1. The molecule has 3 rings (SSSR count). The average Bonchev–Trinajstić information content (AvgIpc) is 2.76. The third-order valence-corrected chi connectivity index (χ3v) is 6.27. The van der Waals surface area contributed by atoms with E-state index in [2.05, 4.69) is 18.7 Å². The fourth-order valence-electron chi connectivity index (χ4n) is 3.74. The van der Waals surface area contributed by atoms with Crippen LogP contribution in [0.2, 0.25) is 5.02 Å². The number of hydrogen-bond donors (Lipinski definition) is 0. The molecule has 1 saturated heterocycles. The van der Waals surface area contributed by atoms with Crippen LogP contribution in [0.3, 0.4) is 0 Å². The van der Waals surface area contributed by atoms with E-state index in [-0.39, 0.29) is 17.6 Å². The summed E-state index contributed by atoms with van der Waals surface area (Å²) in [5.41, 5.74) is 2.20. The van der Waals surface area contributed by atoms with Gasteiger partial charge in [0.25, 0.3) is 0 Å². The summed E-state index contributed by atoms with van der Waals surface area (Å²) in [6.07, 6.45) is 1.79. The monoisotopic (exact) mass is 432 g/mol. The van der Waals surface area contributed by atoms with E-state index < -0.39 is 0 Å². The minimum atomic E-state index is -0.322. The van der Waals surface area contributed by atoms with Gasteiger partial charge >= 0.3 is 0 Å². The van der Waals surface area contributed by atoms with Crippen molar-refractivity contribution in [1.82, 2.24) is 14.9 Å². The smallest absolute Gasteiger partial charge is 0.222 e. The van der Waals surface area contributed by atoms with Crippen molar-refractivity contribution in [1.29, 1.82) is 0 Å². The number of rotatable bonds is 6. The molecule has 30 heavy (non-hydrogen) atoms. The molecule has 1 aromatic heterocycles. The Morgan fingerprint density at radius 3 is 2.47 bits per heavy atom. The van der Waals surface area contributed by atoms with E-state index in [0.717, 1.165) is 29.3 Å². The van der Waals surface area contributed by atoms with E-state index in [1.807, 2.05) is 18.7 Å². The second-order valence-electron chi connectivity index (χ2n) is 7.88. The molecule has 5 nitrogen and oxygen atoms in total. The van der Waals surface area contributed by atoms with Crippen molar-refractivity contribution >= 4 is 23.3 Å². The van der Waals surface area contributed by atoms with Crippen molar-refractivity contribution in [3.63, 3.8) is 0 Å². The molecule has 1 unspecified atom stereocenters. The van der Waals surface area contributed by atoms with Crippen molar-refractivity contribution in [2.24, 2.45) is 0 Å². The minimum absolute atomic E-state index is 0.173. The van der Waals surface area contributed by atoms with E-state index in [9.17, 15) is 9.18 Å². The van der Waals surface area contributed by atoms with E-state index in [1.165, 1.54) is 6.07 Å². The fraction of sp³-hybridized carbons (Fsp3) is 0.522. The van der Waals surface area contributed by atoms with Gasteiger partial charge in [-0.25, -0.2) is 14.4 Å². The number of halogens is 2. The summed E-state index contributed by atoms with van der Waals surface area (Å²) in [6, 6.07) is 4.75. The predicted octanol–water partition coefficient (Wildman–Crippen LogP) is 4.74. The maximum absolute atomic E-state index is 14.5. The molecule has 2 heterocycles. The molecule has 0 radical (unpaired) electrons. The number of aromatic nitrogens is 2. The average molecular weight is 433 g/mol. The molecule has 2 aromatic rings. The van der Waals surface area contributed by atoms with Crippen LogP contribution in [0.15, 0.2) is 18.2 Å². The summed E-state index contributed by atoms with van der Waals surface area (Å²) in [6.45, 7) is 10.8. The zero-order valence-corrected chi connectivity index (χ0v) is 19.0. The SMILES string of the molecule is CCC(=O)N1CCN(c2nc(C(C)CC)nc(C)c2Cc2c(F)cccc2Cl)CC1. The minimum Gasteiger partial charge on any atom is -0.353 e. The van der Waals surface area contributed by atoms with Crippen LogP contribution in [-0.4, -0.2) is 47.0 Å². The maximum atomic E-state index is 14.5. The summed E-state index contributed by atoms with van der Waals surface area (Å²) in [7, 11) is 0. The first-order valence-corrected chi connectivity index (χ1v) is 11.1. The summed E-state index contributed by atoms with van der Waals surface area (Å²) < 4.78 is 14.5. The van der Waals surface area contributed by atoms with Crippen LogP contribution in [0.1, 0.15) is 62.2 Å². The lowest BCUT2D eigenvalue weighted by molar-refractivity contribution is -0.131. The Labute approximate surface area is 183 Å². The first-order chi connectivity index (χ1) is 14.3. The second kappa shape index (κ2) is 9.73. The Balaban J connectivity index is 1.99. The van der Waals surface area contributed by atoms with Gasteiger partial charge in [0.15, 0.2) is 0 Å². The third kappa shape index (κ3) is 4.75. The van der Waals surface area contributed by atoms with Gasteiger partial charge in [-0.2, -0.15) is 0 Å². The molecule has 1 aliphatic heterocycles. The van der Waals surface area contributed by atoms with Gasteiger partial charge in [0.05, 0.1) is 0 Å². The lowest BCUT2D eigenvalue weighted by Gasteiger charge is -2.36. The molecular weight excluding hydrogens is 403 g/mol. The lowest BCUT2D eigenvalue weighted by atomic mass is 10.0. The van der Waals surface area contributed by atoms with Crippen molar-refractivity contribution in [3.05, 3.63) is 51.7 Å². The number of benzene rings is 1. The molecule has 1 aromatic carbocycles. The zero-order valence-electron chi connectivity index (χ0n) is 18.2. The molecule has 0 bridgehead atoms. The second-order valence-corrected chi connectivity index (χ2v) is 8.28. The van der Waals surface area contributed by atoms with Gasteiger partial charge in [-0.05, 0) is 25.5 Å². The van der Waals surface area contributed by atoms with Crippen molar-refractivity contribution < 1.29 is 9.18 Å². The van der Waals surface area contributed by atoms with Crippen molar-refractivity contribution in [2.75, 3.05) is 31.1 Å². The molecule has 1 aliphatic rings. The normalized spacial score (nSPS) is 15.4. The largest absolute Gasteiger partial charge is 0.353 e. The van der Waals surface area contributed by atoms with Crippen LogP contribution in [-0.2, 0) is 11.2 Å². The Kier molecular flexibility index (Phi) is 7.29. The molecular formula is C23H30ClFN4O. The van der Waals surface area contributed by atoms with Gasteiger partial charge in [-0.15, -0.1) is 0 Å². The van der Waals surface area contributed by atoms with Gasteiger partial charge in [0.1, 0.15) is 17.5 Å². The first kappa shape index (κ1) is 22.5. The molecule has 162 valence electrons. The van der Waals surface area contributed by atoms with Crippen LogP contribution in [0, 0.1) is 12.7 Å². The summed E-state index contributed by atoms with van der Waals surface area (Å²) >= 11 is 6.31. The van der Waals surface area contributed by atoms with Crippen LogP contribution in [0.4, 0.5) is 10.2 Å². The third-order valence-electron chi connectivity index (χ3n) is 5.91. The number of piperazine rings is 1. The highest BCUT2D eigenvalue weighted by Gasteiger charge is 2.26. The van der Waals surface area contributed by atoms with Crippen LogP contribution < -0.4 is 4.90 Å². The Hall–Kier alpha value is -2.21. The van der Waals surface area contributed by atoms with Gasteiger partial charge in [0, 0.05) is 66.8 Å². The van der Waals surface area contributed by atoms with Crippen LogP contribution in [0.25, 0.3) is 0 Å². The lowest BCUT2D eigenvalue weighted by Crippen LogP contribution is -2.49. The number of carbonyl (C=O) groups is 1. The first-order valence-electron chi connectivity index (χ1n) is 10.7. The van der Waals surface area contributed by atoms with Crippen LogP contribution >= 0.6 is 11.6 Å². The Bertz CT molecular complexity index is 892. The molecule has 7 heteroatoms. The fourth-order valence-corrected chi connectivity index (χ4v) is 3.97. The van der Waals surface area contributed by atoms with Gasteiger partial charge in [0.2, 0.25) is 5.91 Å². The quantitative estimate of drug-likeness (QED) is 0.661. The molecule has 1 amide bonds. The van der Waals surface area contributed by atoms with E-state index in [1.54, 1.807) is 12.1 Å². The highest BCUT2D eigenvalue weighted by atomic mass is 35.5.